The zero-order valence-electron chi connectivity index (χ0n) is 9.69. The Hall–Kier alpha value is -1.90. The molecular weight excluding hydrogens is 200 g/mol. The molecule has 0 aliphatic heterocycles. The third-order valence-corrected chi connectivity index (χ3v) is 2.90. The number of aryl methyl sites for hydroxylation is 2. The molecule has 0 fully saturated rings. The summed E-state index contributed by atoms with van der Waals surface area (Å²) in [4.78, 5) is 12.2. The van der Waals surface area contributed by atoms with Crippen molar-refractivity contribution < 1.29 is 4.79 Å². The van der Waals surface area contributed by atoms with E-state index in [-0.39, 0.29) is 5.78 Å². The Kier molecular flexibility index (Phi) is 2.60. The SMILES string of the molecule is Cc1cccc(C(=O)c2ccnn2C)c1C. The van der Waals surface area contributed by atoms with E-state index in [1.165, 1.54) is 0 Å². The molecule has 0 N–H and O–H groups in total. The summed E-state index contributed by atoms with van der Waals surface area (Å²) >= 11 is 0. The molecule has 82 valence electrons. The van der Waals surface area contributed by atoms with E-state index >= 15 is 0 Å². The maximum atomic E-state index is 12.2. The molecule has 3 heteroatoms. The normalized spacial score (nSPS) is 10.4. The van der Waals surface area contributed by atoms with Crippen LogP contribution in [0.25, 0.3) is 0 Å². The highest BCUT2D eigenvalue weighted by molar-refractivity contribution is 6.08. The maximum absolute atomic E-state index is 12.2. The van der Waals surface area contributed by atoms with Gasteiger partial charge < -0.3 is 0 Å². The highest BCUT2D eigenvalue weighted by Gasteiger charge is 2.15. The van der Waals surface area contributed by atoms with E-state index in [2.05, 4.69) is 5.10 Å². The summed E-state index contributed by atoms with van der Waals surface area (Å²) < 4.78 is 1.60. The minimum absolute atomic E-state index is 0.0289. The molecule has 3 nitrogen and oxygen atoms in total. The lowest BCUT2D eigenvalue weighted by Crippen LogP contribution is -2.10. The van der Waals surface area contributed by atoms with E-state index in [0.717, 1.165) is 16.7 Å². The van der Waals surface area contributed by atoms with E-state index in [0.29, 0.717) is 5.69 Å². The molecule has 1 aromatic carbocycles. The lowest BCUT2D eigenvalue weighted by atomic mass is 9.99. The molecule has 2 rings (SSSR count). The molecule has 16 heavy (non-hydrogen) atoms. The molecule has 0 amide bonds. The van der Waals surface area contributed by atoms with Crippen LogP contribution in [0.1, 0.15) is 27.2 Å². The first-order valence-corrected chi connectivity index (χ1v) is 5.20. The van der Waals surface area contributed by atoms with E-state index in [4.69, 9.17) is 0 Å². The molecule has 1 heterocycles. The van der Waals surface area contributed by atoms with Crippen LogP contribution in [0.2, 0.25) is 0 Å². The Morgan fingerprint density at radius 1 is 1.25 bits per heavy atom. The fraction of sp³-hybridized carbons (Fsp3) is 0.231. The summed E-state index contributed by atoms with van der Waals surface area (Å²) in [5.74, 6) is 0.0289. The number of hydrogen-bond donors (Lipinski definition) is 0. The first-order chi connectivity index (χ1) is 7.61. The van der Waals surface area contributed by atoms with Crippen LogP contribution in [-0.4, -0.2) is 15.6 Å². The zero-order chi connectivity index (χ0) is 11.7. The minimum Gasteiger partial charge on any atom is -0.287 e. The van der Waals surface area contributed by atoms with Gasteiger partial charge in [-0.05, 0) is 31.0 Å². The van der Waals surface area contributed by atoms with Crippen molar-refractivity contribution in [3.8, 4) is 0 Å². The summed E-state index contributed by atoms with van der Waals surface area (Å²) in [5.41, 5.74) is 3.54. The number of ketones is 1. The summed E-state index contributed by atoms with van der Waals surface area (Å²) in [7, 11) is 1.78. The van der Waals surface area contributed by atoms with Gasteiger partial charge in [-0.1, -0.05) is 18.2 Å². The summed E-state index contributed by atoms with van der Waals surface area (Å²) in [6, 6.07) is 7.52. The number of rotatable bonds is 2. The Labute approximate surface area is 94.7 Å². The number of nitrogens with zero attached hydrogens (tertiary/aromatic N) is 2. The quantitative estimate of drug-likeness (QED) is 0.719. The van der Waals surface area contributed by atoms with Gasteiger partial charge >= 0.3 is 0 Å². The molecule has 0 aliphatic carbocycles. The summed E-state index contributed by atoms with van der Waals surface area (Å²) in [6.45, 7) is 3.98. The minimum atomic E-state index is 0.0289. The van der Waals surface area contributed by atoms with Gasteiger partial charge in [0.15, 0.2) is 0 Å². The Bertz CT molecular complexity index is 541. The smallest absolute Gasteiger partial charge is 0.211 e. The molecule has 2 aromatic rings. The topological polar surface area (TPSA) is 34.9 Å². The van der Waals surface area contributed by atoms with Gasteiger partial charge in [-0.15, -0.1) is 0 Å². The van der Waals surface area contributed by atoms with Crippen LogP contribution in [0.4, 0.5) is 0 Å². The first-order valence-electron chi connectivity index (χ1n) is 5.20. The average Bonchev–Trinajstić information content (AvgIpc) is 2.68. The Balaban J connectivity index is 2.50. The number of carbonyl (C=O) groups is 1. The lowest BCUT2D eigenvalue weighted by Gasteiger charge is -2.07. The molecule has 0 spiro atoms. The summed E-state index contributed by atoms with van der Waals surface area (Å²) in [6.07, 6.45) is 1.64. The second-order valence-electron chi connectivity index (χ2n) is 3.92. The monoisotopic (exact) mass is 214 g/mol. The molecule has 0 bridgehead atoms. The molecule has 0 saturated carbocycles. The fourth-order valence-electron chi connectivity index (χ4n) is 1.73. The van der Waals surface area contributed by atoms with Crippen LogP contribution in [0.5, 0.6) is 0 Å². The highest BCUT2D eigenvalue weighted by atomic mass is 16.1. The predicted molar refractivity (Wildman–Crippen MR) is 62.6 cm³/mol. The molecular formula is C13H14N2O. The van der Waals surface area contributed by atoms with Gasteiger partial charge in [-0.3, -0.25) is 9.48 Å². The van der Waals surface area contributed by atoms with Crippen molar-refractivity contribution in [3.05, 3.63) is 52.8 Å². The van der Waals surface area contributed by atoms with Gasteiger partial charge in [0.1, 0.15) is 5.69 Å². The Morgan fingerprint density at radius 2 is 2.00 bits per heavy atom. The van der Waals surface area contributed by atoms with Crippen LogP contribution in [-0.2, 0) is 7.05 Å². The van der Waals surface area contributed by atoms with Crippen LogP contribution >= 0.6 is 0 Å². The fourth-order valence-corrected chi connectivity index (χ4v) is 1.73. The molecule has 0 unspecified atom stereocenters. The van der Waals surface area contributed by atoms with Crippen molar-refractivity contribution in [1.82, 2.24) is 9.78 Å². The van der Waals surface area contributed by atoms with Gasteiger partial charge in [0.2, 0.25) is 5.78 Å². The van der Waals surface area contributed by atoms with Crippen molar-refractivity contribution in [2.24, 2.45) is 7.05 Å². The van der Waals surface area contributed by atoms with Crippen LogP contribution in [0, 0.1) is 13.8 Å². The van der Waals surface area contributed by atoms with Crippen LogP contribution in [0.15, 0.2) is 30.5 Å². The third kappa shape index (κ3) is 1.65. The predicted octanol–water partition coefficient (Wildman–Crippen LogP) is 2.27. The van der Waals surface area contributed by atoms with E-state index < -0.39 is 0 Å². The Morgan fingerprint density at radius 3 is 2.62 bits per heavy atom. The van der Waals surface area contributed by atoms with Crippen molar-refractivity contribution in [2.75, 3.05) is 0 Å². The second-order valence-corrected chi connectivity index (χ2v) is 3.92. The maximum Gasteiger partial charge on any atom is 0.211 e. The second kappa shape index (κ2) is 3.93. The van der Waals surface area contributed by atoms with Crippen molar-refractivity contribution >= 4 is 5.78 Å². The van der Waals surface area contributed by atoms with E-state index in [9.17, 15) is 4.79 Å². The zero-order valence-corrected chi connectivity index (χ0v) is 9.69. The standard InChI is InChI=1S/C13H14N2O/c1-9-5-4-6-11(10(9)2)13(16)12-7-8-14-15(12)3/h4-8H,1-3H3. The molecule has 0 saturated heterocycles. The van der Waals surface area contributed by atoms with Gasteiger partial charge in [0.25, 0.3) is 0 Å². The molecule has 0 aliphatic rings. The number of hydrogen-bond acceptors (Lipinski definition) is 2. The number of benzene rings is 1. The van der Waals surface area contributed by atoms with Gasteiger partial charge in [-0.2, -0.15) is 5.10 Å². The van der Waals surface area contributed by atoms with E-state index in [1.807, 2.05) is 32.0 Å². The van der Waals surface area contributed by atoms with Gasteiger partial charge in [0, 0.05) is 18.8 Å². The molecule has 0 atom stereocenters. The molecule has 0 radical (unpaired) electrons. The number of aromatic nitrogens is 2. The van der Waals surface area contributed by atoms with Crippen LogP contribution < -0.4 is 0 Å². The first kappa shape index (κ1) is 10.6. The summed E-state index contributed by atoms with van der Waals surface area (Å²) in [5, 5.41) is 4.01. The van der Waals surface area contributed by atoms with E-state index in [1.54, 1.807) is 24.0 Å². The number of carbonyl (C=O) groups excluding carboxylic acids is 1. The lowest BCUT2D eigenvalue weighted by molar-refractivity contribution is 0.102. The van der Waals surface area contributed by atoms with Crippen LogP contribution in [0.3, 0.4) is 0 Å². The largest absolute Gasteiger partial charge is 0.287 e. The highest BCUT2D eigenvalue weighted by Crippen LogP contribution is 2.16. The van der Waals surface area contributed by atoms with Gasteiger partial charge in [0.05, 0.1) is 0 Å². The van der Waals surface area contributed by atoms with Crippen molar-refractivity contribution in [3.63, 3.8) is 0 Å². The van der Waals surface area contributed by atoms with Crippen molar-refractivity contribution in [1.29, 1.82) is 0 Å². The average molecular weight is 214 g/mol. The third-order valence-electron chi connectivity index (χ3n) is 2.90. The van der Waals surface area contributed by atoms with Gasteiger partial charge in [-0.25, -0.2) is 0 Å². The molecule has 1 aromatic heterocycles. The van der Waals surface area contributed by atoms with Crippen molar-refractivity contribution in [2.45, 2.75) is 13.8 Å².